The fourth-order valence-electron chi connectivity index (χ4n) is 0.937. The molecule has 1 unspecified atom stereocenters. The summed E-state index contributed by atoms with van der Waals surface area (Å²) in [6.45, 7) is 6.49. The maximum atomic E-state index is 5.61. The Morgan fingerprint density at radius 1 is 1.44 bits per heavy atom. The van der Waals surface area contributed by atoms with Crippen LogP contribution in [0.4, 0.5) is 0 Å². The Balaban J connectivity index is 2.19. The highest BCUT2D eigenvalue weighted by Gasteiger charge is 2.35. The van der Waals surface area contributed by atoms with Gasteiger partial charge in [0, 0.05) is 17.6 Å². The van der Waals surface area contributed by atoms with Crippen LogP contribution in [0.3, 0.4) is 0 Å². The molecule has 0 aromatic carbocycles. The third-order valence-corrected chi connectivity index (χ3v) is 1.46. The maximum Gasteiger partial charge on any atom is 0.0239 e. The molecular weight excluding hydrogens is 112 g/mol. The van der Waals surface area contributed by atoms with Gasteiger partial charge < -0.3 is 11.1 Å². The highest BCUT2D eigenvalue weighted by Crippen LogP contribution is 2.20. The van der Waals surface area contributed by atoms with Crippen LogP contribution in [0, 0.1) is 0 Å². The molecule has 1 aliphatic carbocycles. The first kappa shape index (κ1) is 7.03. The minimum atomic E-state index is 0.235. The van der Waals surface area contributed by atoms with E-state index >= 15 is 0 Å². The van der Waals surface area contributed by atoms with Crippen molar-refractivity contribution in [3.63, 3.8) is 0 Å². The fourth-order valence-corrected chi connectivity index (χ4v) is 0.937. The second-order valence-corrected chi connectivity index (χ2v) is 3.90. The van der Waals surface area contributed by atoms with Crippen molar-refractivity contribution in [2.45, 2.75) is 44.8 Å². The first-order chi connectivity index (χ1) is 3.99. The van der Waals surface area contributed by atoms with Gasteiger partial charge >= 0.3 is 0 Å². The lowest BCUT2D eigenvalue weighted by molar-refractivity contribution is 0.418. The van der Waals surface area contributed by atoms with E-state index in [1.807, 2.05) is 0 Å². The Hall–Kier alpha value is -0.0800. The molecule has 1 rings (SSSR count). The molecule has 2 heteroatoms. The Morgan fingerprint density at radius 3 is 2.00 bits per heavy atom. The van der Waals surface area contributed by atoms with Crippen molar-refractivity contribution >= 4 is 0 Å². The summed E-state index contributed by atoms with van der Waals surface area (Å²) >= 11 is 0. The summed E-state index contributed by atoms with van der Waals surface area (Å²) in [5.41, 5.74) is 5.85. The predicted octanol–water partition coefficient (Wildman–Crippen LogP) is 0.474. The number of hydrogen-bond acceptors (Lipinski definition) is 2. The van der Waals surface area contributed by atoms with Crippen molar-refractivity contribution in [2.75, 3.05) is 0 Å². The molecule has 0 spiro atoms. The Bertz CT molecular complexity index is 104. The summed E-state index contributed by atoms with van der Waals surface area (Å²) in [5.74, 6) is 0. The van der Waals surface area contributed by atoms with E-state index in [4.69, 9.17) is 5.73 Å². The summed E-state index contributed by atoms with van der Waals surface area (Å²) in [4.78, 5) is 0. The number of nitrogens with one attached hydrogen (secondary N) is 1. The quantitative estimate of drug-likeness (QED) is 0.539. The van der Waals surface area contributed by atoms with Crippen LogP contribution in [0.15, 0.2) is 0 Å². The van der Waals surface area contributed by atoms with Crippen LogP contribution in [0.1, 0.15) is 27.2 Å². The van der Waals surface area contributed by atoms with Gasteiger partial charge in [-0.05, 0) is 27.2 Å². The van der Waals surface area contributed by atoms with Gasteiger partial charge in [0.1, 0.15) is 0 Å². The Kier molecular flexibility index (Phi) is 1.53. The van der Waals surface area contributed by atoms with Gasteiger partial charge in [0.15, 0.2) is 0 Å². The molecule has 0 amide bonds. The standard InChI is InChI=1S/C7H16N2/c1-7(2,3)9-6-4-5(6)8/h5-6,9H,4,8H2,1-3H3/t5-,6?/m0/s1. The van der Waals surface area contributed by atoms with E-state index in [1.165, 1.54) is 0 Å². The van der Waals surface area contributed by atoms with E-state index in [1.54, 1.807) is 0 Å². The average molecular weight is 128 g/mol. The summed E-state index contributed by atoms with van der Waals surface area (Å²) in [7, 11) is 0. The second-order valence-electron chi connectivity index (χ2n) is 3.90. The average Bonchev–Trinajstić information content (AvgIpc) is 2.13. The van der Waals surface area contributed by atoms with Gasteiger partial charge in [0.2, 0.25) is 0 Å². The molecular formula is C7H16N2. The van der Waals surface area contributed by atoms with E-state index in [-0.39, 0.29) is 5.54 Å². The third kappa shape index (κ3) is 2.33. The largest absolute Gasteiger partial charge is 0.326 e. The third-order valence-electron chi connectivity index (χ3n) is 1.46. The van der Waals surface area contributed by atoms with E-state index < -0.39 is 0 Å². The van der Waals surface area contributed by atoms with E-state index in [0.717, 1.165) is 6.42 Å². The molecule has 0 aromatic heterocycles. The van der Waals surface area contributed by atoms with E-state index in [2.05, 4.69) is 26.1 Å². The zero-order valence-corrected chi connectivity index (χ0v) is 6.44. The second kappa shape index (κ2) is 1.96. The molecule has 0 bridgehead atoms. The van der Waals surface area contributed by atoms with Gasteiger partial charge in [0.25, 0.3) is 0 Å². The first-order valence-electron chi connectivity index (χ1n) is 3.52. The molecule has 0 aromatic rings. The zero-order chi connectivity index (χ0) is 7.07. The van der Waals surface area contributed by atoms with Crippen LogP contribution < -0.4 is 11.1 Å². The van der Waals surface area contributed by atoms with Gasteiger partial charge in [-0.25, -0.2) is 0 Å². The van der Waals surface area contributed by atoms with Gasteiger partial charge in [-0.1, -0.05) is 0 Å². The van der Waals surface area contributed by atoms with Crippen molar-refractivity contribution in [1.82, 2.24) is 5.32 Å². The summed E-state index contributed by atoms with van der Waals surface area (Å²) < 4.78 is 0. The minimum absolute atomic E-state index is 0.235. The van der Waals surface area contributed by atoms with Crippen LogP contribution in [0.5, 0.6) is 0 Å². The molecule has 54 valence electrons. The number of rotatable bonds is 1. The summed E-state index contributed by atoms with van der Waals surface area (Å²) in [5, 5.41) is 3.42. The van der Waals surface area contributed by atoms with Crippen LogP contribution >= 0.6 is 0 Å². The summed E-state index contributed by atoms with van der Waals surface area (Å²) in [6.07, 6.45) is 1.15. The molecule has 0 radical (unpaired) electrons. The van der Waals surface area contributed by atoms with Gasteiger partial charge in [-0.2, -0.15) is 0 Å². The van der Waals surface area contributed by atoms with Gasteiger partial charge in [-0.15, -0.1) is 0 Å². The minimum Gasteiger partial charge on any atom is -0.326 e. The maximum absolute atomic E-state index is 5.61. The molecule has 1 saturated carbocycles. The monoisotopic (exact) mass is 128 g/mol. The van der Waals surface area contributed by atoms with Crippen molar-refractivity contribution < 1.29 is 0 Å². The van der Waals surface area contributed by atoms with Crippen molar-refractivity contribution in [1.29, 1.82) is 0 Å². The first-order valence-corrected chi connectivity index (χ1v) is 3.52. The molecule has 0 aliphatic heterocycles. The topological polar surface area (TPSA) is 38.0 Å². The van der Waals surface area contributed by atoms with Crippen LogP contribution in [-0.2, 0) is 0 Å². The van der Waals surface area contributed by atoms with Gasteiger partial charge in [0.05, 0.1) is 0 Å². The Labute approximate surface area is 56.8 Å². The molecule has 0 heterocycles. The molecule has 0 saturated heterocycles. The Morgan fingerprint density at radius 2 is 1.89 bits per heavy atom. The van der Waals surface area contributed by atoms with Crippen LogP contribution in [0.2, 0.25) is 0 Å². The number of nitrogens with two attached hydrogens (primary N) is 1. The smallest absolute Gasteiger partial charge is 0.0239 e. The SMILES string of the molecule is CC(C)(C)NC1C[C@@H]1N. The lowest BCUT2D eigenvalue weighted by Crippen LogP contribution is -2.39. The molecule has 1 aliphatic rings. The fraction of sp³-hybridized carbons (Fsp3) is 1.00. The van der Waals surface area contributed by atoms with E-state index in [9.17, 15) is 0 Å². The lowest BCUT2D eigenvalue weighted by atomic mass is 10.1. The summed E-state index contributed by atoms with van der Waals surface area (Å²) in [6, 6.07) is 1.01. The van der Waals surface area contributed by atoms with E-state index in [0.29, 0.717) is 12.1 Å². The molecule has 3 N–H and O–H groups in total. The lowest BCUT2D eigenvalue weighted by Gasteiger charge is -2.20. The highest BCUT2D eigenvalue weighted by molar-refractivity contribution is 4.99. The normalized spacial score (nSPS) is 34.7. The van der Waals surface area contributed by atoms with Gasteiger partial charge in [-0.3, -0.25) is 0 Å². The zero-order valence-electron chi connectivity index (χ0n) is 6.44. The van der Waals surface area contributed by atoms with Crippen molar-refractivity contribution in [3.05, 3.63) is 0 Å². The number of hydrogen-bond donors (Lipinski definition) is 2. The molecule has 2 nitrogen and oxygen atoms in total. The van der Waals surface area contributed by atoms with Crippen molar-refractivity contribution in [2.24, 2.45) is 5.73 Å². The highest BCUT2D eigenvalue weighted by atomic mass is 15.1. The molecule has 1 fully saturated rings. The molecule has 9 heavy (non-hydrogen) atoms. The van der Waals surface area contributed by atoms with Crippen LogP contribution in [-0.4, -0.2) is 17.6 Å². The van der Waals surface area contributed by atoms with Crippen LogP contribution in [0.25, 0.3) is 0 Å². The molecule has 2 atom stereocenters. The predicted molar refractivity (Wildman–Crippen MR) is 39.3 cm³/mol. The van der Waals surface area contributed by atoms with Crippen molar-refractivity contribution in [3.8, 4) is 0 Å².